The molecule has 0 spiro atoms. The van der Waals surface area contributed by atoms with Crippen LogP contribution in [0.4, 0.5) is 0 Å². The number of aliphatic carboxylic acids is 2. The number of aliphatic hydroxyl groups excluding tert-OH is 1. The van der Waals surface area contributed by atoms with Gasteiger partial charge in [0.1, 0.15) is 36.3 Å². The van der Waals surface area contributed by atoms with Gasteiger partial charge >= 0.3 is 11.9 Å². The smallest absolute Gasteiger partial charge is 0.326 e. The number of carboxylic acid groups (broad SMARTS) is 2. The summed E-state index contributed by atoms with van der Waals surface area (Å²) in [6.45, 7) is 5.42. The third-order valence-electron chi connectivity index (χ3n) is 6.29. The first kappa shape index (κ1) is 37.5. The van der Waals surface area contributed by atoms with Crippen LogP contribution in [0.1, 0.15) is 46.1 Å². The molecule has 0 aromatic heterocycles. The zero-order chi connectivity index (χ0) is 33.6. The molecular weight excluding hydrogens is 580 g/mol. The van der Waals surface area contributed by atoms with Gasteiger partial charge in [-0.05, 0) is 31.7 Å². The standard InChI is InChI=1S/C28H42N6O10/c1-14(2)10-21(28(43)44)34-27(42)19(11-17-8-6-5-7-9-17)32-24(39)16(4)30-23(38)15(3)31-26(41)20(12-22(36)37)33-25(40)18(29)13-35/h5-9,14-16,18-21,35H,10-13,29H2,1-4H3,(H,30,38)(H,31,41)(H,32,39)(H,33,40)(H,34,42)(H,36,37)(H,43,44)/t15-,16-,18-,19-,20-,21-/m0/s1. The van der Waals surface area contributed by atoms with Gasteiger partial charge in [0.05, 0.1) is 13.0 Å². The summed E-state index contributed by atoms with van der Waals surface area (Å²) in [6.07, 6.45) is -0.655. The molecule has 0 heterocycles. The molecule has 44 heavy (non-hydrogen) atoms. The number of aliphatic hydroxyl groups is 1. The molecule has 0 aliphatic carbocycles. The average molecular weight is 623 g/mol. The number of amides is 5. The lowest BCUT2D eigenvalue weighted by atomic mass is 10.0. The van der Waals surface area contributed by atoms with Crippen LogP contribution in [0.2, 0.25) is 0 Å². The molecule has 0 aliphatic rings. The Kier molecular flexibility index (Phi) is 15.5. The Hall–Kier alpha value is -4.57. The van der Waals surface area contributed by atoms with E-state index >= 15 is 0 Å². The number of carbonyl (C=O) groups is 7. The highest BCUT2D eigenvalue weighted by molar-refractivity contribution is 5.97. The fourth-order valence-corrected chi connectivity index (χ4v) is 3.85. The Labute approximate surface area is 254 Å². The SMILES string of the molecule is CC(C)C[C@H](NC(=O)[C@H](Cc1ccccc1)NC(=O)[C@H](C)NC(=O)[C@H](C)NC(=O)[C@H](CC(=O)O)NC(=O)[C@@H](N)CO)C(=O)O. The number of carbonyl (C=O) groups excluding carboxylic acids is 5. The van der Waals surface area contributed by atoms with Crippen LogP contribution in [0.5, 0.6) is 0 Å². The van der Waals surface area contributed by atoms with E-state index < -0.39 is 90.8 Å². The predicted molar refractivity (Wildman–Crippen MR) is 156 cm³/mol. The number of hydrogen-bond acceptors (Lipinski definition) is 9. The molecule has 10 N–H and O–H groups in total. The fraction of sp³-hybridized carbons (Fsp3) is 0.536. The van der Waals surface area contributed by atoms with Crippen LogP contribution in [0.25, 0.3) is 0 Å². The average Bonchev–Trinajstić information content (AvgIpc) is 2.95. The maximum atomic E-state index is 13.1. The van der Waals surface area contributed by atoms with Gasteiger partial charge in [-0.2, -0.15) is 0 Å². The molecule has 6 atom stereocenters. The number of carboxylic acids is 2. The molecule has 1 rings (SSSR count). The van der Waals surface area contributed by atoms with Gasteiger partial charge in [0.15, 0.2) is 0 Å². The van der Waals surface area contributed by atoms with Crippen molar-refractivity contribution in [1.82, 2.24) is 26.6 Å². The molecule has 0 saturated heterocycles. The van der Waals surface area contributed by atoms with Crippen molar-refractivity contribution in [2.24, 2.45) is 11.7 Å². The second-order valence-electron chi connectivity index (χ2n) is 10.7. The Morgan fingerprint density at radius 2 is 1.16 bits per heavy atom. The molecule has 16 nitrogen and oxygen atoms in total. The van der Waals surface area contributed by atoms with Gasteiger partial charge in [0.25, 0.3) is 0 Å². The monoisotopic (exact) mass is 622 g/mol. The van der Waals surface area contributed by atoms with E-state index in [1.807, 2.05) is 0 Å². The van der Waals surface area contributed by atoms with Crippen LogP contribution in [0.15, 0.2) is 30.3 Å². The number of nitrogens with two attached hydrogens (primary N) is 1. The number of nitrogens with one attached hydrogen (secondary N) is 5. The molecule has 0 saturated carbocycles. The van der Waals surface area contributed by atoms with Gasteiger partial charge in [0.2, 0.25) is 29.5 Å². The first-order chi connectivity index (χ1) is 20.5. The van der Waals surface area contributed by atoms with E-state index in [9.17, 15) is 38.7 Å². The maximum absolute atomic E-state index is 13.1. The van der Waals surface area contributed by atoms with Crippen molar-refractivity contribution in [3.05, 3.63) is 35.9 Å². The quantitative estimate of drug-likeness (QED) is 0.0834. The Balaban J connectivity index is 2.94. The van der Waals surface area contributed by atoms with E-state index in [2.05, 4.69) is 26.6 Å². The van der Waals surface area contributed by atoms with Gasteiger partial charge in [-0.3, -0.25) is 28.8 Å². The first-order valence-electron chi connectivity index (χ1n) is 13.9. The zero-order valence-electron chi connectivity index (χ0n) is 25.0. The number of benzene rings is 1. The molecular formula is C28H42N6O10. The van der Waals surface area contributed by atoms with E-state index in [0.29, 0.717) is 5.56 Å². The molecule has 0 radical (unpaired) electrons. The van der Waals surface area contributed by atoms with Crippen LogP contribution in [-0.2, 0) is 40.0 Å². The lowest BCUT2D eigenvalue weighted by molar-refractivity contribution is -0.143. The van der Waals surface area contributed by atoms with Crippen molar-refractivity contribution in [2.75, 3.05) is 6.61 Å². The molecule has 0 aliphatic heterocycles. The normalized spacial score (nSPS) is 15.0. The van der Waals surface area contributed by atoms with Crippen molar-refractivity contribution in [3.8, 4) is 0 Å². The number of hydrogen-bond donors (Lipinski definition) is 9. The van der Waals surface area contributed by atoms with Crippen LogP contribution in [0, 0.1) is 5.92 Å². The third kappa shape index (κ3) is 13.2. The largest absolute Gasteiger partial charge is 0.481 e. The Morgan fingerprint density at radius 1 is 0.682 bits per heavy atom. The molecule has 0 fully saturated rings. The van der Waals surface area contributed by atoms with Crippen molar-refractivity contribution in [2.45, 2.75) is 83.2 Å². The van der Waals surface area contributed by atoms with Crippen molar-refractivity contribution in [3.63, 3.8) is 0 Å². The third-order valence-corrected chi connectivity index (χ3v) is 6.29. The molecule has 5 amide bonds. The summed E-state index contributed by atoms with van der Waals surface area (Å²) in [7, 11) is 0. The second kappa shape index (κ2) is 18.2. The first-order valence-corrected chi connectivity index (χ1v) is 13.9. The minimum absolute atomic E-state index is 0.0240. The summed E-state index contributed by atoms with van der Waals surface area (Å²) < 4.78 is 0. The Bertz CT molecular complexity index is 1180. The van der Waals surface area contributed by atoms with E-state index in [1.54, 1.807) is 44.2 Å². The molecule has 1 aromatic rings. The summed E-state index contributed by atoms with van der Waals surface area (Å²) in [4.78, 5) is 86.3. The fourth-order valence-electron chi connectivity index (χ4n) is 3.85. The summed E-state index contributed by atoms with van der Waals surface area (Å²) in [6, 6.07) is 0.755. The van der Waals surface area contributed by atoms with Crippen LogP contribution >= 0.6 is 0 Å². The Morgan fingerprint density at radius 3 is 1.66 bits per heavy atom. The topological polar surface area (TPSA) is 266 Å². The summed E-state index contributed by atoms with van der Waals surface area (Å²) in [5, 5.41) is 39.3. The predicted octanol–water partition coefficient (Wildman–Crippen LogP) is -2.38. The van der Waals surface area contributed by atoms with Gasteiger partial charge in [-0.25, -0.2) is 4.79 Å². The lowest BCUT2D eigenvalue weighted by Crippen LogP contribution is -2.58. The number of rotatable bonds is 18. The molecule has 0 unspecified atom stereocenters. The highest BCUT2D eigenvalue weighted by Crippen LogP contribution is 2.08. The molecule has 244 valence electrons. The van der Waals surface area contributed by atoms with Gasteiger partial charge in [-0.1, -0.05) is 44.2 Å². The summed E-state index contributed by atoms with van der Waals surface area (Å²) >= 11 is 0. The van der Waals surface area contributed by atoms with E-state index in [1.165, 1.54) is 13.8 Å². The lowest BCUT2D eigenvalue weighted by Gasteiger charge is -2.25. The molecule has 16 heteroatoms. The van der Waals surface area contributed by atoms with Crippen LogP contribution in [-0.4, -0.2) is 99.7 Å². The summed E-state index contributed by atoms with van der Waals surface area (Å²) in [5.74, 6) is -7.07. The van der Waals surface area contributed by atoms with E-state index in [0.717, 1.165) is 0 Å². The van der Waals surface area contributed by atoms with Crippen LogP contribution in [0.3, 0.4) is 0 Å². The minimum atomic E-state index is -1.61. The van der Waals surface area contributed by atoms with Gasteiger partial charge < -0.3 is 47.6 Å². The zero-order valence-corrected chi connectivity index (χ0v) is 25.0. The highest BCUT2D eigenvalue weighted by Gasteiger charge is 2.31. The van der Waals surface area contributed by atoms with Gasteiger partial charge in [0, 0.05) is 6.42 Å². The summed E-state index contributed by atoms with van der Waals surface area (Å²) in [5.41, 5.74) is 6.07. The van der Waals surface area contributed by atoms with Crippen molar-refractivity contribution >= 4 is 41.5 Å². The van der Waals surface area contributed by atoms with Crippen molar-refractivity contribution in [1.29, 1.82) is 0 Å². The molecule has 0 bridgehead atoms. The minimum Gasteiger partial charge on any atom is -0.481 e. The highest BCUT2D eigenvalue weighted by atomic mass is 16.4. The maximum Gasteiger partial charge on any atom is 0.326 e. The van der Waals surface area contributed by atoms with E-state index in [-0.39, 0.29) is 18.8 Å². The molecule has 1 aromatic carbocycles. The second-order valence-corrected chi connectivity index (χ2v) is 10.7. The van der Waals surface area contributed by atoms with E-state index in [4.69, 9.17) is 15.9 Å². The van der Waals surface area contributed by atoms with Crippen molar-refractivity contribution < 1.29 is 48.9 Å². The van der Waals surface area contributed by atoms with Crippen LogP contribution < -0.4 is 32.3 Å². The van der Waals surface area contributed by atoms with Gasteiger partial charge in [-0.15, -0.1) is 0 Å².